The number of hydrogen-bond donors (Lipinski definition) is 1. The number of thioether (sulfide) groups is 1. The summed E-state index contributed by atoms with van der Waals surface area (Å²) in [6.07, 6.45) is 0. The van der Waals surface area contributed by atoms with Gasteiger partial charge in [-0.25, -0.2) is 17.7 Å². The van der Waals surface area contributed by atoms with Crippen LogP contribution in [-0.4, -0.2) is 48.0 Å². The summed E-state index contributed by atoms with van der Waals surface area (Å²) in [6.45, 7) is 4.07. The van der Waals surface area contributed by atoms with Crippen molar-refractivity contribution in [3.63, 3.8) is 0 Å². The zero-order valence-corrected chi connectivity index (χ0v) is 19.4. The maximum Gasteiger partial charge on any atom is 0.262 e. The molecule has 1 aromatic heterocycles. The molecule has 164 valence electrons. The van der Waals surface area contributed by atoms with E-state index in [0.29, 0.717) is 28.3 Å². The minimum Gasteiger partial charge on any atom is -0.325 e. The highest BCUT2D eigenvalue weighted by molar-refractivity contribution is 7.99. The average molecular weight is 461 g/mol. The van der Waals surface area contributed by atoms with Crippen molar-refractivity contribution in [3.05, 3.63) is 58.4 Å². The predicted molar refractivity (Wildman–Crippen MR) is 123 cm³/mol. The first kappa shape index (κ1) is 23.0. The molecule has 0 aliphatic heterocycles. The van der Waals surface area contributed by atoms with Crippen LogP contribution in [0.3, 0.4) is 0 Å². The molecule has 0 saturated heterocycles. The van der Waals surface area contributed by atoms with Gasteiger partial charge < -0.3 is 5.32 Å². The van der Waals surface area contributed by atoms with Crippen molar-refractivity contribution in [2.75, 3.05) is 25.2 Å². The number of benzene rings is 2. The lowest BCUT2D eigenvalue weighted by Gasteiger charge is -2.15. The van der Waals surface area contributed by atoms with E-state index in [9.17, 15) is 18.0 Å². The Morgan fingerprint density at radius 1 is 1.19 bits per heavy atom. The number of carbonyl (C=O) groups is 1. The fourth-order valence-electron chi connectivity index (χ4n) is 2.96. The van der Waals surface area contributed by atoms with E-state index in [1.165, 1.54) is 30.8 Å². The number of hydrogen-bond acceptors (Lipinski definition) is 6. The van der Waals surface area contributed by atoms with Crippen LogP contribution in [0.4, 0.5) is 5.69 Å². The highest BCUT2D eigenvalue weighted by Crippen LogP contribution is 2.23. The monoisotopic (exact) mass is 460 g/mol. The minimum absolute atomic E-state index is 0.0227. The Morgan fingerprint density at radius 3 is 2.58 bits per heavy atom. The molecule has 2 aromatic carbocycles. The Labute approximate surface area is 185 Å². The third-order valence-corrected chi connectivity index (χ3v) is 7.52. The Balaban J connectivity index is 1.81. The number of amides is 1. The molecule has 0 fully saturated rings. The van der Waals surface area contributed by atoms with Crippen LogP contribution in [0.1, 0.15) is 12.5 Å². The van der Waals surface area contributed by atoms with Crippen molar-refractivity contribution in [1.82, 2.24) is 13.9 Å². The molecule has 0 aliphatic rings. The van der Waals surface area contributed by atoms with E-state index in [1.54, 1.807) is 31.2 Å². The molecule has 31 heavy (non-hydrogen) atoms. The van der Waals surface area contributed by atoms with E-state index in [-0.39, 0.29) is 22.1 Å². The number of sulfonamides is 1. The maximum absolute atomic E-state index is 12.7. The Hall–Kier alpha value is -2.69. The predicted octanol–water partition coefficient (Wildman–Crippen LogP) is 2.71. The van der Waals surface area contributed by atoms with E-state index in [1.807, 2.05) is 13.0 Å². The van der Waals surface area contributed by atoms with Crippen molar-refractivity contribution in [2.24, 2.45) is 0 Å². The number of rotatable bonds is 7. The molecule has 0 atom stereocenters. The summed E-state index contributed by atoms with van der Waals surface area (Å²) in [4.78, 5) is 29.9. The normalized spacial score (nSPS) is 11.8. The van der Waals surface area contributed by atoms with E-state index in [4.69, 9.17) is 0 Å². The van der Waals surface area contributed by atoms with Crippen LogP contribution in [0.2, 0.25) is 0 Å². The fourth-order valence-corrected chi connectivity index (χ4v) is 4.75. The van der Waals surface area contributed by atoms with Gasteiger partial charge in [0, 0.05) is 26.3 Å². The number of carbonyl (C=O) groups excluding carboxylic acids is 1. The standard InChI is InChI=1S/C21H24N4O4S2/c1-5-25-20(27)16-8-6-7-9-17(16)23-21(25)30-13-19(26)22-18-12-15(11-10-14(18)2)31(28,29)24(3)4/h6-12H,5,13H2,1-4H3,(H,22,26). The third kappa shape index (κ3) is 4.81. The number of aryl methyl sites for hydroxylation is 1. The van der Waals surface area contributed by atoms with E-state index in [0.717, 1.165) is 21.6 Å². The molecule has 0 saturated carbocycles. The molecule has 3 aromatic rings. The molecule has 3 rings (SSSR count). The molecule has 0 aliphatic carbocycles. The third-order valence-electron chi connectivity index (χ3n) is 4.74. The summed E-state index contributed by atoms with van der Waals surface area (Å²) >= 11 is 1.16. The van der Waals surface area contributed by atoms with Gasteiger partial charge in [0.05, 0.1) is 21.6 Å². The number of fused-ring (bicyclic) bond motifs is 1. The largest absolute Gasteiger partial charge is 0.325 e. The SMILES string of the molecule is CCn1c(SCC(=O)Nc2cc(S(=O)(=O)N(C)C)ccc2C)nc2ccccc2c1=O. The number of nitrogens with one attached hydrogen (secondary N) is 1. The van der Waals surface area contributed by atoms with E-state index >= 15 is 0 Å². The maximum atomic E-state index is 12.7. The first-order chi connectivity index (χ1) is 14.6. The van der Waals surface area contributed by atoms with Gasteiger partial charge in [-0.15, -0.1) is 0 Å². The quantitative estimate of drug-likeness (QED) is 0.430. The zero-order chi connectivity index (χ0) is 22.8. The highest BCUT2D eigenvalue weighted by Gasteiger charge is 2.19. The minimum atomic E-state index is -3.61. The molecular weight excluding hydrogens is 436 g/mol. The molecule has 0 spiro atoms. The van der Waals surface area contributed by atoms with Gasteiger partial charge in [0.25, 0.3) is 5.56 Å². The fraction of sp³-hybridized carbons (Fsp3) is 0.286. The zero-order valence-electron chi connectivity index (χ0n) is 17.7. The van der Waals surface area contributed by atoms with Crippen LogP contribution >= 0.6 is 11.8 Å². The smallest absolute Gasteiger partial charge is 0.262 e. The molecule has 10 heteroatoms. The van der Waals surface area contributed by atoms with E-state index in [2.05, 4.69) is 10.3 Å². The molecule has 8 nitrogen and oxygen atoms in total. The second-order valence-electron chi connectivity index (χ2n) is 7.06. The molecular formula is C21H24N4O4S2. The summed E-state index contributed by atoms with van der Waals surface area (Å²) in [6, 6.07) is 11.7. The molecule has 1 N–H and O–H groups in total. The Bertz CT molecular complexity index is 1300. The summed E-state index contributed by atoms with van der Waals surface area (Å²) in [7, 11) is -0.708. The van der Waals surface area contributed by atoms with Crippen molar-refractivity contribution in [1.29, 1.82) is 0 Å². The first-order valence-electron chi connectivity index (χ1n) is 9.60. The van der Waals surface area contributed by atoms with Crippen molar-refractivity contribution >= 4 is 44.3 Å². The van der Waals surface area contributed by atoms with Gasteiger partial charge in [-0.2, -0.15) is 0 Å². The Kier molecular flexibility index (Phi) is 6.83. The number of anilines is 1. The van der Waals surface area contributed by atoms with Crippen LogP contribution in [0.25, 0.3) is 10.9 Å². The lowest BCUT2D eigenvalue weighted by Crippen LogP contribution is -2.24. The number of nitrogens with zero attached hydrogens (tertiary/aromatic N) is 3. The van der Waals surface area contributed by atoms with Crippen molar-refractivity contribution in [2.45, 2.75) is 30.4 Å². The van der Waals surface area contributed by atoms with E-state index < -0.39 is 10.0 Å². The lowest BCUT2D eigenvalue weighted by molar-refractivity contribution is -0.113. The topological polar surface area (TPSA) is 101 Å². The van der Waals surface area contributed by atoms with Crippen molar-refractivity contribution < 1.29 is 13.2 Å². The number of para-hydroxylation sites is 1. The molecule has 0 radical (unpaired) electrons. The van der Waals surface area contributed by atoms with Gasteiger partial charge in [-0.05, 0) is 43.7 Å². The van der Waals surface area contributed by atoms with Gasteiger partial charge in [-0.1, -0.05) is 30.0 Å². The summed E-state index contributed by atoms with van der Waals surface area (Å²) in [5, 5.41) is 3.76. The summed E-state index contributed by atoms with van der Waals surface area (Å²) in [5.74, 6) is -0.299. The first-order valence-corrected chi connectivity index (χ1v) is 12.0. The van der Waals surface area contributed by atoms with Crippen LogP contribution < -0.4 is 10.9 Å². The van der Waals surface area contributed by atoms with Crippen molar-refractivity contribution in [3.8, 4) is 0 Å². The average Bonchev–Trinajstić information content (AvgIpc) is 2.73. The molecule has 1 amide bonds. The van der Waals surface area contributed by atoms with Gasteiger partial charge in [0.15, 0.2) is 5.16 Å². The number of aromatic nitrogens is 2. The van der Waals surface area contributed by atoms with Gasteiger partial charge in [0.1, 0.15) is 0 Å². The van der Waals surface area contributed by atoms with Crippen LogP contribution in [0.15, 0.2) is 57.3 Å². The summed E-state index contributed by atoms with van der Waals surface area (Å²) in [5.41, 5.74) is 1.60. The highest BCUT2D eigenvalue weighted by atomic mass is 32.2. The molecule has 0 unspecified atom stereocenters. The molecule has 1 heterocycles. The van der Waals surface area contributed by atoms with Crippen LogP contribution in [0, 0.1) is 6.92 Å². The second-order valence-corrected chi connectivity index (χ2v) is 10.2. The van der Waals surface area contributed by atoms with Gasteiger partial charge in [0.2, 0.25) is 15.9 Å². The summed E-state index contributed by atoms with van der Waals surface area (Å²) < 4.78 is 27.4. The van der Waals surface area contributed by atoms with Gasteiger partial charge >= 0.3 is 0 Å². The van der Waals surface area contributed by atoms with Crippen LogP contribution in [-0.2, 0) is 21.4 Å². The molecule has 0 bridgehead atoms. The Morgan fingerprint density at radius 2 is 1.90 bits per heavy atom. The lowest BCUT2D eigenvalue weighted by atomic mass is 10.2. The van der Waals surface area contributed by atoms with Crippen LogP contribution in [0.5, 0.6) is 0 Å². The van der Waals surface area contributed by atoms with Gasteiger partial charge in [-0.3, -0.25) is 14.2 Å². The second kappa shape index (κ2) is 9.21.